The number of hydrogen-bond acceptors (Lipinski definition) is 4. The maximum atomic E-state index is 11.4. The smallest absolute Gasteiger partial charge is 0.436 e. The Bertz CT molecular complexity index is 940. The third kappa shape index (κ3) is 4.15. The second-order valence-corrected chi connectivity index (χ2v) is 6.34. The van der Waals surface area contributed by atoms with Gasteiger partial charge in [-0.3, -0.25) is 9.52 Å². The highest BCUT2D eigenvalue weighted by Crippen LogP contribution is 2.27. The monoisotopic (exact) mass is 381 g/mol. The molecule has 0 spiro atoms. The van der Waals surface area contributed by atoms with E-state index in [4.69, 9.17) is 9.57 Å². The molecule has 0 saturated heterocycles. The van der Waals surface area contributed by atoms with Crippen molar-refractivity contribution in [1.82, 2.24) is 9.78 Å². The maximum absolute atomic E-state index is 11.4. The fourth-order valence-electron chi connectivity index (χ4n) is 3.10. The van der Waals surface area contributed by atoms with E-state index in [0.717, 1.165) is 10.8 Å². The summed E-state index contributed by atoms with van der Waals surface area (Å²) in [4.78, 5) is 16.3. The van der Waals surface area contributed by atoms with Crippen molar-refractivity contribution in [2.45, 2.75) is 19.4 Å². The van der Waals surface area contributed by atoms with Gasteiger partial charge < -0.3 is 9.84 Å². The molecular weight excluding hydrogens is 358 g/mol. The minimum Gasteiger partial charge on any atom is -0.472 e. The van der Waals surface area contributed by atoms with E-state index in [2.05, 4.69) is 24.2 Å². The number of hydroxylamine groups is 1. The highest BCUT2D eigenvalue weighted by molar-refractivity contribution is 5.84. The molecule has 3 aromatic rings. The Hall–Kier alpha value is -3.32. The molecule has 146 valence electrons. The van der Waals surface area contributed by atoms with Crippen LogP contribution in [-0.4, -0.2) is 28.1 Å². The molecule has 1 atom stereocenters. The lowest BCUT2D eigenvalue weighted by Crippen LogP contribution is -2.28. The average Bonchev–Trinajstić information content (AvgIpc) is 3.08. The number of rotatable bonds is 7. The Morgan fingerprint density at radius 1 is 1.18 bits per heavy atom. The van der Waals surface area contributed by atoms with Crippen LogP contribution in [0.1, 0.15) is 29.7 Å². The Balaban J connectivity index is 1.77. The fourth-order valence-corrected chi connectivity index (χ4v) is 3.10. The SMILES string of the molecule is CON(C(=O)O)c1ccccc1COc1cc(C(C)c2ccccc2)n(C)n1. The number of anilines is 1. The predicted molar refractivity (Wildman–Crippen MR) is 105 cm³/mol. The quantitative estimate of drug-likeness (QED) is 0.621. The van der Waals surface area contributed by atoms with Crippen LogP contribution >= 0.6 is 0 Å². The summed E-state index contributed by atoms with van der Waals surface area (Å²) in [6.07, 6.45) is -1.20. The summed E-state index contributed by atoms with van der Waals surface area (Å²) < 4.78 is 7.65. The topological polar surface area (TPSA) is 76.8 Å². The number of aryl methyl sites for hydroxylation is 1. The third-order valence-corrected chi connectivity index (χ3v) is 4.58. The second-order valence-electron chi connectivity index (χ2n) is 6.34. The first kappa shape index (κ1) is 19.4. The Morgan fingerprint density at radius 3 is 2.54 bits per heavy atom. The first-order valence-corrected chi connectivity index (χ1v) is 8.88. The van der Waals surface area contributed by atoms with Gasteiger partial charge in [0.25, 0.3) is 0 Å². The van der Waals surface area contributed by atoms with Crippen molar-refractivity contribution in [2.75, 3.05) is 12.2 Å². The Morgan fingerprint density at radius 2 is 1.86 bits per heavy atom. The number of nitrogens with zero attached hydrogens (tertiary/aromatic N) is 3. The van der Waals surface area contributed by atoms with Crippen LogP contribution in [0.3, 0.4) is 0 Å². The molecule has 0 saturated carbocycles. The molecule has 28 heavy (non-hydrogen) atoms. The molecule has 3 rings (SSSR count). The minimum absolute atomic E-state index is 0.166. The van der Waals surface area contributed by atoms with Crippen molar-refractivity contribution in [3.8, 4) is 5.88 Å². The van der Waals surface area contributed by atoms with E-state index in [9.17, 15) is 9.90 Å². The van der Waals surface area contributed by atoms with Crippen molar-refractivity contribution in [2.24, 2.45) is 7.05 Å². The van der Waals surface area contributed by atoms with Gasteiger partial charge in [-0.05, 0) is 11.6 Å². The summed E-state index contributed by atoms with van der Waals surface area (Å²) in [5.41, 5.74) is 3.31. The molecule has 1 heterocycles. The highest BCUT2D eigenvalue weighted by Gasteiger charge is 2.19. The number of carboxylic acid groups (broad SMARTS) is 1. The summed E-state index contributed by atoms with van der Waals surface area (Å²) in [5, 5.41) is 14.5. The van der Waals surface area contributed by atoms with E-state index >= 15 is 0 Å². The molecule has 1 aromatic heterocycles. The van der Waals surface area contributed by atoms with Crippen LogP contribution < -0.4 is 9.80 Å². The first-order chi connectivity index (χ1) is 13.5. The number of para-hydroxylation sites is 1. The van der Waals surface area contributed by atoms with Gasteiger partial charge in [0.2, 0.25) is 5.88 Å². The standard InChI is InChI=1S/C21H23N3O4/c1-15(16-9-5-4-6-10-16)19-13-20(22-23(19)2)28-14-17-11-7-8-12-18(17)24(27-3)21(25)26/h4-13,15H,14H2,1-3H3,(H,25,26). The van der Waals surface area contributed by atoms with Gasteiger partial charge in [-0.25, -0.2) is 4.79 Å². The average molecular weight is 381 g/mol. The number of carbonyl (C=O) groups is 1. The summed E-state index contributed by atoms with van der Waals surface area (Å²) in [6.45, 7) is 2.29. The van der Waals surface area contributed by atoms with Crippen molar-refractivity contribution in [1.29, 1.82) is 0 Å². The van der Waals surface area contributed by atoms with Crippen LogP contribution in [0.25, 0.3) is 0 Å². The molecule has 0 radical (unpaired) electrons. The fraction of sp³-hybridized carbons (Fsp3) is 0.238. The molecule has 0 fully saturated rings. The van der Waals surface area contributed by atoms with Crippen LogP contribution in [0.2, 0.25) is 0 Å². The zero-order valence-electron chi connectivity index (χ0n) is 16.1. The van der Waals surface area contributed by atoms with Gasteiger partial charge in [0.1, 0.15) is 6.61 Å². The first-order valence-electron chi connectivity index (χ1n) is 8.88. The zero-order chi connectivity index (χ0) is 20.1. The molecule has 0 aliphatic heterocycles. The number of aromatic nitrogens is 2. The van der Waals surface area contributed by atoms with Crippen molar-refractivity contribution < 1.29 is 19.5 Å². The molecule has 0 bridgehead atoms. The van der Waals surface area contributed by atoms with E-state index < -0.39 is 6.09 Å². The number of amides is 1. The molecular formula is C21H23N3O4. The van der Waals surface area contributed by atoms with Crippen molar-refractivity contribution >= 4 is 11.8 Å². The van der Waals surface area contributed by atoms with Crippen LogP contribution in [0.15, 0.2) is 60.7 Å². The van der Waals surface area contributed by atoms with Crippen molar-refractivity contribution in [3.63, 3.8) is 0 Å². The molecule has 2 aromatic carbocycles. The van der Waals surface area contributed by atoms with Gasteiger partial charge in [-0.15, -0.1) is 5.10 Å². The molecule has 0 aliphatic rings. The zero-order valence-corrected chi connectivity index (χ0v) is 16.1. The van der Waals surface area contributed by atoms with Gasteiger partial charge >= 0.3 is 6.09 Å². The molecule has 1 amide bonds. The molecule has 0 aliphatic carbocycles. The lowest BCUT2D eigenvalue weighted by Gasteiger charge is -2.19. The molecule has 7 heteroatoms. The maximum Gasteiger partial charge on any atom is 0.436 e. The van der Waals surface area contributed by atoms with E-state index in [-0.39, 0.29) is 12.5 Å². The highest BCUT2D eigenvalue weighted by atomic mass is 16.7. The molecule has 1 N–H and O–H groups in total. The van der Waals surface area contributed by atoms with E-state index in [0.29, 0.717) is 17.1 Å². The van der Waals surface area contributed by atoms with Crippen LogP contribution in [-0.2, 0) is 18.5 Å². The molecule has 7 nitrogen and oxygen atoms in total. The number of benzene rings is 2. The van der Waals surface area contributed by atoms with Crippen LogP contribution in [0.5, 0.6) is 5.88 Å². The largest absolute Gasteiger partial charge is 0.472 e. The molecule has 1 unspecified atom stereocenters. The van der Waals surface area contributed by atoms with Crippen molar-refractivity contribution in [3.05, 3.63) is 77.5 Å². The van der Waals surface area contributed by atoms with Crippen LogP contribution in [0.4, 0.5) is 10.5 Å². The summed E-state index contributed by atoms with van der Waals surface area (Å²) >= 11 is 0. The van der Waals surface area contributed by atoms with Gasteiger partial charge in [0.05, 0.1) is 12.8 Å². The van der Waals surface area contributed by atoms with E-state index in [1.165, 1.54) is 12.7 Å². The van der Waals surface area contributed by atoms with E-state index in [1.54, 1.807) is 22.9 Å². The summed E-state index contributed by atoms with van der Waals surface area (Å²) in [7, 11) is 3.19. The van der Waals surface area contributed by atoms with Crippen LogP contribution in [0, 0.1) is 0 Å². The second kappa shape index (κ2) is 8.58. The summed E-state index contributed by atoms with van der Waals surface area (Å²) in [6, 6.07) is 19.1. The minimum atomic E-state index is -1.20. The van der Waals surface area contributed by atoms with Gasteiger partial charge in [-0.1, -0.05) is 55.5 Å². The lowest BCUT2D eigenvalue weighted by atomic mass is 9.98. The number of hydrogen-bond donors (Lipinski definition) is 1. The summed E-state index contributed by atoms with van der Waals surface area (Å²) in [5.74, 6) is 0.647. The lowest BCUT2D eigenvalue weighted by molar-refractivity contribution is 0.129. The van der Waals surface area contributed by atoms with Gasteiger partial charge in [0.15, 0.2) is 0 Å². The Labute approximate surface area is 163 Å². The normalized spacial score (nSPS) is 11.8. The Kier molecular flexibility index (Phi) is 5.96. The predicted octanol–water partition coefficient (Wildman–Crippen LogP) is 4.20. The number of ether oxygens (including phenoxy) is 1. The van der Waals surface area contributed by atoms with Gasteiger partial charge in [-0.2, -0.15) is 5.06 Å². The van der Waals surface area contributed by atoms with E-state index in [1.807, 2.05) is 37.4 Å². The van der Waals surface area contributed by atoms with Gasteiger partial charge in [0, 0.05) is 30.3 Å². The third-order valence-electron chi connectivity index (χ3n) is 4.58.